The molecule has 1 amide bonds. The van der Waals surface area contributed by atoms with Gasteiger partial charge in [0, 0.05) is 35.8 Å². The fourth-order valence-electron chi connectivity index (χ4n) is 4.00. The number of nitrogens with zero attached hydrogens (tertiary/aromatic N) is 3. The maximum absolute atomic E-state index is 13.3. The highest BCUT2D eigenvalue weighted by Crippen LogP contribution is 2.35. The zero-order valence-corrected chi connectivity index (χ0v) is 20.9. The first-order valence-electron chi connectivity index (χ1n) is 11.6. The molecule has 0 aliphatic rings. The third kappa shape index (κ3) is 5.95. The van der Waals surface area contributed by atoms with Gasteiger partial charge in [0.2, 0.25) is 11.8 Å². The number of carboxylic acids is 1. The molecule has 0 saturated heterocycles. The van der Waals surface area contributed by atoms with Gasteiger partial charge in [0.1, 0.15) is 0 Å². The molecule has 7 nitrogen and oxygen atoms in total. The molecule has 0 radical (unpaired) electrons. The summed E-state index contributed by atoms with van der Waals surface area (Å²) in [5, 5.41) is 11.8. The first-order chi connectivity index (χ1) is 17.5. The van der Waals surface area contributed by atoms with Crippen LogP contribution in [0.15, 0.2) is 78.3 Å². The van der Waals surface area contributed by atoms with E-state index in [4.69, 9.17) is 9.72 Å². The Balaban J connectivity index is 1.58. The van der Waals surface area contributed by atoms with E-state index in [1.165, 1.54) is 16.2 Å². The van der Waals surface area contributed by atoms with Crippen LogP contribution >= 0.6 is 11.3 Å². The van der Waals surface area contributed by atoms with Gasteiger partial charge in [-0.1, -0.05) is 54.6 Å². The Morgan fingerprint density at radius 2 is 1.75 bits per heavy atom. The molecule has 8 heteroatoms. The van der Waals surface area contributed by atoms with Crippen molar-refractivity contribution in [2.75, 3.05) is 18.6 Å². The summed E-state index contributed by atoms with van der Waals surface area (Å²) in [4.78, 5) is 35.4. The summed E-state index contributed by atoms with van der Waals surface area (Å²) < 4.78 is 5.45. The summed E-state index contributed by atoms with van der Waals surface area (Å²) in [6, 6.07) is 21.1. The molecule has 1 atom stereocenters. The van der Waals surface area contributed by atoms with Crippen LogP contribution in [0.2, 0.25) is 0 Å². The van der Waals surface area contributed by atoms with E-state index in [2.05, 4.69) is 4.98 Å². The van der Waals surface area contributed by atoms with Gasteiger partial charge in [0.25, 0.3) is 0 Å². The normalized spacial score (nSPS) is 11.6. The number of aliphatic carboxylic acids is 1. The van der Waals surface area contributed by atoms with E-state index >= 15 is 0 Å². The first-order valence-corrected chi connectivity index (χ1v) is 12.5. The smallest absolute Gasteiger partial charge is 0.304 e. The van der Waals surface area contributed by atoms with Gasteiger partial charge in [-0.3, -0.25) is 14.5 Å². The third-order valence-electron chi connectivity index (χ3n) is 5.75. The topological polar surface area (TPSA) is 92.6 Å². The molecule has 4 rings (SSSR count). The average molecular weight is 502 g/mol. The summed E-state index contributed by atoms with van der Waals surface area (Å²) in [5.41, 5.74) is 4.46. The van der Waals surface area contributed by atoms with Gasteiger partial charge in [0.05, 0.1) is 24.6 Å². The number of hydrogen-bond donors (Lipinski definition) is 1. The number of amides is 1. The molecule has 1 N–H and O–H groups in total. The molecular weight excluding hydrogens is 474 g/mol. The zero-order valence-electron chi connectivity index (χ0n) is 20.1. The van der Waals surface area contributed by atoms with Crippen molar-refractivity contribution in [3.05, 3.63) is 83.9 Å². The lowest BCUT2D eigenvalue weighted by molar-refractivity contribution is -0.140. The molecule has 2 aromatic heterocycles. The van der Waals surface area contributed by atoms with E-state index in [0.29, 0.717) is 24.0 Å². The maximum Gasteiger partial charge on any atom is 0.304 e. The predicted molar refractivity (Wildman–Crippen MR) is 141 cm³/mol. The van der Waals surface area contributed by atoms with Crippen LogP contribution in [0, 0.1) is 5.92 Å². The molecule has 2 aromatic carbocycles. The minimum absolute atomic E-state index is 0.246. The van der Waals surface area contributed by atoms with Crippen LogP contribution < -0.4 is 9.64 Å². The average Bonchev–Trinajstić information content (AvgIpc) is 3.39. The second kappa shape index (κ2) is 11.6. The van der Waals surface area contributed by atoms with Crippen LogP contribution in [0.1, 0.15) is 18.9 Å². The monoisotopic (exact) mass is 501 g/mol. The van der Waals surface area contributed by atoms with Gasteiger partial charge < -0.3 is 9.84 Å². The molecule has 0 spiro atoms. The molecule has 0 aliphatic heterocycles. The van der Waals surface area contributed by atoms with E-state index in [1.54, 1.807) is 13.2 Å². The zero-order chi connectivity index (χ0) is 25.5. The summed E-state index contributed by atoms with van der Waals surface area (Å²) in [6.45, 7) is 2.47. The number of ether oxygens (including phenoxy) is 1. The molecule has 0 saturated carbocycles. The molecule has 36 heavy (non-hydrogen) atoms. The van der Waals surface area contributed by atoms with E-state index in [-0.39, 0.29) is 12.3 Å². The number of carboxylic acid groups (broad SMARTS) is 1. The Labute approximate surface area is 214 Å². The van der Waals surface area contributed by atoms with Crippen molar-refractivity contribution >= 4 is 28.3 Å². The lowest BCUT2D eigenvalue weighted by Crippen LogP contribution is -2.35. The van der Waals surface area contributed by atoms with Crippen LogP contribution in [0.4, 0.5) is 5.13 Å². The van der Waals surface area contributed by atoms with Gasteiger partial charge >= 0.3 is 5.97 Å². The fraction of sp³-hybridized carbons (Fsp3) is 0.214. The Morgan fingerprint density at radius 3 is 2.42 bits per heavy atom. The third-order valence-corrected chi connectivity index (χ3v) is 6.66. The molecule has 0 fully saturated rings. The Bertz CT molecular complexity index is 1320. The molecule has 0 bridgehead atoms. The van der Waals surface area contributed by atoms with Gasteiger partial charge in [-0.05, 0) is 30.5 Å². The first kappa shape index (κ1) is 25.1. The Kier molecular flexibility index (Phi) is 8.07. The van der Waals surface area contributed by atoms with E-state index in [9.17, 15) is 14.7 Å². The second-order valence-corrected chi connectivity index (χ2v) is 9.10. The molecule has 1 unspecified atom stereocenters. The van der Waals surface area contributed by atoms with Gasteiger partial charge in [-0.15, -0.1) is 11.3 Å². The van der Waals surface area contributed by atoms with Crippen LogP contribution in [-0.4, -0.2) is 40.6 Å². The molecule has 2 heterocycles. The summed E-state index contributed by atoms with van der Waals surface area (Å²) in [7, 11) is 1.65. The highest BCUT2D eigenvalue weighted by molar-refractivity contribution is 7.14. The number of hydrogen-bond acceptors (Lipinski definition) is 6. The van der Waals surface area contributed by atoms with E-state index in [0.717, 1.165) is 27.9 Å². The minimum Gasteiger partial charge on any atom is -0.481 e. The standard InChI is InChI=1S/C28H27N3O4S/c1-3-35-25-14-13-20(17-29-25)22-11-7-8-12-23(22)24-18-36-28(30-24)31(2)27(34)21(16-26(32)33)15-19-9-5-4-6-10-19/h4-14,17-18,21H,3,15-16H2,1-2H3,(H,32,33). The van der Waals surface area contributed by atoms with Gasteiger partial charge in [-0.25, -0.2) is 9.97 Å². The minimum atomic E-state index is -1.00. The van der Waals surface area contributed by atoms with Crippen molar-refractivity contribution in [3.8, 4) is 28.3 Å². The van der Waals surface area contributed by atoms with Crippen LogP contribution in [0.5, 0.6) is 5.88 Å². The van der Waals surface area contributed by atoms with Crippen molar-refractivity contribution in [1.29, 1.82) is 0 Å². The molecule has 184 valence electrons. The number of carbonyl (C=O) groups is 2. The number of aromatic nitrogens is 2. The number of pyridine rings is 1. The number of anilines is 1. The Morgan fingerprint density at radius 1 is 1.03 bits per heavy atom. The van der Waals surface area contributed by atoms with Crippen molar-refractivity contribution < 1.29 is 19.4 Å². The number of carbonyl (C=O) groups excluding carboxylic acids is 1. The van der Waals surface area contributed by atoms with E-state index in [1.807, 2.05) is 79.0 Å². The number of thiazole rings is 1. The summed E-state index contributed by atoms with van der Waals surface area (Å²) in [6.07, 6.45) is 1.87. The van der Waals surface area contributed by atoms with Crippen LogP contribution in [-0.2, 0) is 16.0 Å². The fourth-order valence-corrected chi connectivity index (χ4v) is 4.79. The summed E-state index contributed by atoms with van der Waals surface area (Å²) >= 11 is 1.35. The highest BCUT2D eigenvalue weighted by atomic mass is 32.1. The Hall–Kier alpha value is -4.04. The maximum atomic E-state index is 13.3. The molecule has 4 aromatic rings. The molecule has 0 aliphatic carbocycles. The lowest BCUT2D eigenvalue weighted by Gasteiger charge is -2.21. The number of benzene rings is 2. The van der Waals surface area contributed by atoms with Gasteiger partial charge in [0.15, 0.2) is 5.13 Å². The van der Waals surface area contributed by atoms with Crippen molar-refractivity contribution in [2.45, 2.75) is 19.8 Å². The summed E-state index contributed by atoms with van der Waals surface area (Å²) in [5.74, 6) is -1.40. The van der Waals surface area contributed by atoms with Crippen LogP contribution in [0.3, 0.4) is 0 Å². The van der Waals surface area contributed by atoms with E-state index < -0.39 is 11.9 Å². The van der Waals surface area contributed by atoms with Gasteiger partial charge in [-0.2, -0.15) is 0 Å². The SMILES string of the molecule is CCOc1ccc(-c2ccccc2-c2csc(N(C)C(=O)C(CC(=O)O)Cc3ccccc3)n2)cn1. The van der Waals surface area contributed by atoms with Crippen molar-refractivity contribution in [2.24, 2.45) is 5.92 Å². The second-order valence-electron chi connectivity index (χ2n) is 8.26. The quantitative estimate of drug-likeness (QED) is 0.306. The van der Waals surface area contributed by atoms with Crippen molar-refractivity contribution in [1.82, 2.24) is 9.97 Å². The van der Waals surface area contributed by atoms with Crippen molar-refractivity contribution in [3.63, 3.8) is 0 Å². The largest absolute Gasteiger partial charge is 0.481 e. The predicted octanol–water partition coefficient (Wildman–Crippen LogP) is 5.57. The highest BCUT2D eigenvalue weighted by Gasteiger charge is 2.27. The lowest BCUT2D eigenvalue weighted by atomic mass is 9.95. The molecular formula is C28H27N3O4S. The number of rotatable bonds is 10. The van der Waals surface area contributed by atoms with Crippen LogP contribution in [0.25, 0.3) is 22.4 Å².